The second-order valence-corrected chi connectivity index (χ2v) is 5.99. The molecule has 0 aliphatic carbocycles. The number of rotatable bonds is 6. The first-order valence-corrected chi connectivity index (χ1v) is 8.20. The lowest BCUT2D eigenvalue weighted by Gasteiger charge is -2.24. The van der Waals surface area contributed by atoms with E-state index in [0.717, 1.165) is 18.2 Å². The molecule has 2 N–H and O–H groups in total. The third kappa shape index (κ3) is 5.75. The van der Waals surface area contributed by atoms with Crippen LogP contribution in [-0.4, -0.2) is 37.5 Å². The molecule has 3 amide bonds. The maximum atomic E-state index is 13.9. The predicted octanol–water partition coefficient (Wildman–Crippen LogP) is 3.31. The summed E-state index contributed by atoms with van der Waals surface area (Å²) in [5.74, 6) is -1.06. The van der Waals surface area contributed by atoms with Crippen molar-refractivity contribution in [2.24, 2.45) is 0 Å². The Bertz CT molecular complexity index is 812. The number of nitrogens with one attached hydrogen (secondary N) is 2. The molecule has 2 aromatic rings. The number of urea groups is 1. The minimum Gasteiger partial charge on any atom is -0.497 e. The third-order valence-corrected chi connectivity index (χ3v) is 4.06. The standard InChI is InChI=1S/C19H21F2N3O3/c1-12(16-10-13(20)4-9-17(16)21)24(2)11-18(25)23-19(26)22-14-5-7-15(27-3)8-6-14/h4-10,12H,11H2,1-3H3,(H2,22,23,25,26). The number of halogens is 2. The summed E-state index contributed by atoms with van der Waals surface area (Å²) in [6, 6.07) is 8.50. The second-order valence-electron chi connectivity index (χ2n) is 5.99. The zero-order valence-corrected chi connectivity index (χ0v) is 15.3. The average Bonchev–Trinajstić information content (AvgIpc) is 2.63. The highest BCUT2D eigenvalue weighted by molar-refractivity contribution is 6.01. The fourth-order valence-corrected chi connectivity index (χ4v) is 2.44. The minimum atomic E-state index is -0.692. The molecule has 0 heterocycles. The van der Waals surface area contributed by atoms with Crippen molar-refractivity contribution in [3.8, 4) is 5.75 Å². The molecule has 0 saturated heterocycles. The van der Waals surface area contributed by atoms with Gasteiger partial charge in [0, 0.05) is 17.3 Å². The Morgan fingerprint density at radius 1 is 1.15 bits per heavy atom. The van der Waals surface area contributed by atoms with Gasteiger partial charge in [-0.2, -0.15) is 0 Å². The average molecular weight is 377 g/mol. The van der Waals surface area contributed by atoms with E-state index in [1.54, 1.807) is 38.2 Å². The highest BCUT2D eigenvalue weighted by Crippen LogP contribution is 2.22. The Morgan fingerprint density at radius 2 is 1.81 bits per heavy atom. The van der Waals surface area contributed by atoms with Crippen LogP contribution in [0.5, 0.6) is 5.75 Å². The van der Waals surface area contributed by atoms with Crippen molar-refractivity contribution < 1.29 is 23.1 Å². The monoisotopic (exact) mass is 377 g/mol. The highest BCUT2D eigenvalue weighted by atomic mass is 19.1. The molecule has 0 fully saturated rings. The van der Waals surface area contributed by atoms with Crippen molar-refractivity contribution in [3.05, 3.63) is 59.7 Å². The predicted molar refractivity (Wildman–Crippen MR) is 97.6 cm³/mol. The molecule has 0 aliphatic rings. The van der Waals surface area contributed by atoms with Crippen molar-refractivity contribution in [2.45, 2.75) is 13.0 Å². The smallest absolute Gasteiger partial charge is 0.325 e. The molecule has 1 unspecified atom stereocenters. The first kappa shape index (κ1) is 20.3. The van der Waals surface area contributed by atoms with E-state index in [1.165, 1.54) is 12.0 Å². The van der Waals surface area contributed by atoms with Crippen LogP contribution < -0.4 is 15.4 Å². The van der Waals surface area contributed by atoms with Crippen LogP contribution in [0.2, 0.25) is 0 Å². The highest BCUT2D eigenvalue weighted by Gasteiger charge is 2.19. The van der Waals surface area contributed by atoms with Gasteiger partial charge in [-0.15, -0.1) is 0 Å². The second kappa shape index (κ2) is 9.09. The molecule has 6 nitrogen and oxygen atoms in total. The summed E-state index contributed by atoms with van der Waals surface area (Å²) in [5.41, 5.74) is 0.623. The number of carbonyl (C=O) groups excluding carboxylic acids is 2. The molecular weight excluding hydrogens is 356 g/mol. The van der Waals surface area contributed by atoms with Crippen molar-refractivity contribution in [1.29, 1.82) is 0 Å². The molecule has 0 aliphatic heterocycles. The van der Waals surface area contributed by atoms with Crippen LogP contribution in [0, 0.1) is 11.6 Å². The van der Waals surface area contributed by atoms with Crippen LogP contribution in [0.25, 0.3) is 0 Å². The fraction of sp³-hybridized carbons (Fsp3) is 0.263. The summed E-state index contributed by atoms with van der Waals surface area (Å²) in [4.78, 5) is 25.4. The molecule has 2 rings (SSSR count). The molecule has 144 valence electrons. The molecule has 2 aromatic carbocycles. The maximum Gasteiger partial charge on any atom is 0.325 e. The lowest BCUT2D eigenvalue weighted by Crippen LogP contribution is -2.41. The summed E-state index contributed by atoms with van der Waals surface area (Å²) in [6.07, 6.45) is 0. The number of hydrogen-bond donors (Lipinski definition) is 2. The number of benzene rings is 2. The lowest BCUT2D eigenvalue weighted by atomic mass is 10.1. The van der Waals surface area contributed by atoms with Crippen LogP contribution in [0.1, 0.15) is 18.5 Å². The van der Waals surface area contributed by atoms with Crippen LogP contribution >= 0.6 is 0 Å². The number of hydrogen-bond acceptors (Lipinski definition) is 4. The largest absolute Gasteiger partial charge is 0.497 e. The van der Waals surface area contributed by atoms with Crippen LogP contribution in [0.15, 0.2) is 42.5 Å². The molecular formula is C19H21F2N3O3. The van der Waals surface area contributed by atoms with Gasteiger partial charge in [-0.25, -0.2) is 13.6 Å². The van der Waals surface area contributed by atoms with Crippen LogP contribution in [0.4, 0.5) is 19.3 Å². The summed E-state index contributed by atoms with van der Waals surface area (Å²) in [5, 5.41) is 4.71. The summed E-state index contributed by atoms with van der Waals surface area (Å²) in [7, 11) is 3.11. The Kier molecular flexibility index (Phi) is 6.84. The molecule has 27 heavy (non-hydrogen) atoms. The van der Waals surface area contributed by atoms with Crippen LogP contribution in [-0.2, 0) is 4.79 Å². The Balaban J connectivity index is 1.89. The SMILES string of the molecule is COc1ccc(NC(=O)NC(=O)CN(C)C(C)c2cc(F)ccc2F)cc1. The van der Waals surface area contributed by atoms with Crippen LogP contribution in [0.3, 0.4) is 0 Å². The van der Waals surface area contributed by atoms with Crippen molar-refractivity contribution in [1.82, 2.24) is 10.2 Å². The topological polar surface area (TPSA) is 70.7 Å². The quantitative estimate of drug-likeness (QED) is 0.810. The molecule has 0 aromatic heterocycles. The number of amides is 3. The zero-order chi connectivity index (χ0) is 20.0. The minimum absolute atomic E-state index is 0.132. The van der Waals surface area contributed by atoms with E-state index in [-0.39, 0.29) is 12.1 Å². The molecule has 0 radical (unpaired) electrons. The summed E-state index contributed by atoms with van der Waals surface area (Å²) >= 11 is 0. The normalized spacial score (nSPS) is 11.8. The summed E-state index contributed by atoms with van der Waals surface area (Å²) in [6.45, 7) is 1.47. The van der Waals surface area contributed by atoms with Crippen molar-refractivity contribution in [2.75, 3.05) is 26.0 Å². The third-order valence-electron chi connectivity index (χ3n) is 4.06. The van der Waals surface area contributed by atoms with Gasteiger partial charge in [0.25, 0.3) is 0 Å². The van der Waals surface area contributed by atoms with E-state index in [2.05, 4.69) is 10.6 Å². The molecule has 8 heteroatoms. The maximum absolute atomic E-state index is 13.9. The zero-order valence-electron chi connectivity index (χ0n) is 15.3. The number of imide groups is 1. The number of nitrogens with zero attached hydrogens (tertiary/aromatic N) is 1. The first-order chi connectivity index (χ1) is 12.8. The van der Waals surface area contributed by atoms with Gasteiger partial charge in [0.1, 0.15) is 17.4 Å². The molecule has 0 saturated carbocycles. The van der Waals surface area contributed by atoms with E-state index in [9.17, 15) is 18.4 Å². The van der Waals surface area contributed by atoms with E-state index in [0.29, 0.717) is 11.4 Å². The Morgan fingerprint density at radius 3 is 2.44 bits per heavy atom. The van der Waals surface area contributed by atoms with Crippen molar-refractivity contribution in [3.63, 3.8) is 0 Å². The van der Waals surface area contributed by atoms with E-state index >= 15 is 0 Å². The lowest BCUT2D eigenvalue weighted by molar-refractivity contribution is -0.121. The number of carbonyl (C=O) groups is 2. The number of likely N-dealkylation sites (N-methyl/N-ethyl adjacent to an activating group) is 1. The molecule has 1 atom stereocenters. The van der Waals surface area contributed by atoms with Crippen molar-refractivity contribution >= 4 is 17.6 Å². The Labute approximate surface area is 156 Å². The van der Waals surface area contributed by atoms with E-state index in [1.807, 2.05) is 0 Å². The van der Waals surface area contributed by atoms with Gasteiger partial charge in [-0.1, -0.05) is 0 Å². The van der Waals surface area contributed by atoms with E-state index in [4.69, 9.17) is 4.74 Å². The van der Waals surface area contributed by atoms with Gasteiger partial charge >= 0.3 is 6.03 Å². The number of ether oxygens (including phenoxy) is 1. The van der Waals surface area contributed by atoms with Gasteiger partial charge in [0.15, 0.2) is 0 Å². The van der Waals surface area contributed by atoms with Gasteiger partial charge in [-0.05, 0) is 56.4 Å². The molecule has 0 spiro atoms. The van der Waals surface area contributed by atoms with E-state index < -0.39 is 29.6 Å². The van der Waals surface area contributed by atoms with Gasteiger partial charge in [0.2, 0.25) is 5.91 Å². The number of anilines is 1. The first-order valence-electron chi connectivity index (χ1n) is 8.20. The van der Waals surface area contributed by atoms with Gasteiger partial charge in [-0.3, -0.25) is 15.0 Å². The van der Waals surface area contributed by atoms with Gasteiger partial charge < -0.3 is 10.1 Å². The summed E-state index contributed by atoms with van der Waals surface area (Å²) < 4.78 is 32.2. The Hall–Kier alpha value is -3.00. The molecule has 0 bridgehead atoms. The van der Waals surface area contributed by atoms with Gasteiger partial charge in [0.05, 0.1) is 13.7 Å². The fourth-order valence-electron chi connectivity index (χ4n) is 2.44. The number of methoxy groups -OCH3 is 1.